The summed E-state index contributed by atoms with van der Waals surface area (Å²) in [6.45, 7) is 5.74. The number of carbonyl (C=O) groups is 2. The van der Waals surface area contributed by atoms with Gasteiger partial charge in [-0.25, -0.2) is 0 Å². The van der Waals surface area contributed by atoms with E-state index in [-0.39, 0.29) is 30.3 Å². The fourth-order valence-corrected chi connectivity index (χ4v) is 2.01. The second-order valence-corrected chi connectivity index (χ2v) is 5.71. The van der Waals surface area contributed by atoms with Crippen molar-refractivity contribution in [2.24, 2.45) is 11.7 Å². The smallest absolute Gasteiger partial charge is 0.241 e. The van der Waals surface area contributed by atoms with Crippen LogP contribution >= 0.6 is 11.8 Å². The molecule has 0 aliphatic carbocycles. The molecule has 0 saturated carbocycles. The maximum Gasteiger partial charge on any atom is 0.241 e. The standard InChI is InChI=1S/C12H25N3O2S/c1-8(2)11(13)12(17)14-6-10(16)15(4)9(3)7-18-5/h8-9,11H,6-7,13H2,1-5H3,(H,14,17)/t9?,11-/m0/s1. The van der Waals surface area contributed by atoms with E-state index in [1.807, 2.05) is 27.0 Å². The van der Waals surface area contributed by atoms with Gasteiger partial charge in [0.15, 0.2) is 0 Å². The molecule has 106 valence electrons. The number of likely N-dealkylation sites (N-methyl/N-ethyl adjacent to an activating group) is 1. The van der Waals surface area contributed by atoms with Gasteiger partial charge in [0.1, 0.15) is 0 Å². The molecule has 0 fully saturated rings. The van der Waals surface area contributed by atoms with Crippen LogP contribution in [0.3, 0.4) is 0 Å². The second kappa shape index (κ2) is 8.37. The minimum Gasteiger partial charge on any atom is -0.346 e. The van der Waals surface area contributed by atoms with Gasteiger partial charge < -0.3 is 16.0 Å². The van der Waals surface area contributed by atoms with E-state index in [0.29, 0.717) is 0 Å². The molecule has 0 aromatic heterocycles. The van der Waals surface area contributed by atoms with Gasteiger partial charge in [-0.15, -0.1) is 0 Å². The van der Waals surface area contributed by atoms with E-state index in [2.05, 4.69) is 5.32 Å². The molecule has 0 saturated heterocycles. The van der Waals surface area contributed by atoms with Crippen LogP contribution in [0, 0.1) is 5.92 Å². The van der Waals surface area contributed by atoms with E-state index < -0.39 is 6.04 Å². The van der Waals surface area contributed by atoms with Gasteiger partial charge >= 0.3 is 0 Å². The number of thioether (sulfide) groups is 1. The zero-order valence-corrected chi connectivity index (χ0v) is 12.7. The van der Waals surface area contributed by atoms with Crippen LogP contribution in [0.15, 0.2) is 0 Å². The van der Waals surface area contributed by atoms with Gasteiger partial charge in [0, 0.05) is 18.8 Å². The lowest BCUT2D eigenvalue weighted by molar-refractivity contribution is -0.133. The molecule has 0 spiro atoms. The van der Waals surface area contributed by atoms with E-state index in [1.54, 1.807) is 23.7 Å². The number of carbonyl (C=O) groups excluding carboxylic acids is 2. The molecule has 2 atom stereocenters. The molecule has 0 aromatic rings. The van der Waals surface area contributed by atoms with Crippen LogP contribution in [0.4, 0.5) is 0 Å². The Bertz CT molecular complexity index is 284. The van der Waals surface area contributed by atoms with Gasteiger partial charge in [0.2, 0.25) is 11.8 Å². The molecule has 1 unspecified atom stereocenters. The molecule has 6 heteroatoms. The lowest BCUT2D eigenvalue weighted by Crippen LogP contribution is -2.48. The van der Waals surface area contributed by atoms with Crippen molar-refractivity contribution in [2.75, 3.05) is 25.6 Å². The van der Waals surface area contributed by atoms with Gasteiger partial charge in [-0.2, -0.15) is 11.8 Å². The first-order valence-corrected chi connectivity index (χ1v) is 7.48. The summed E-state index contributed by atoms with van der Waals surface area (Å²) in [4.78, 5) is 25.1. The molecule has 18 heavy (non-hydrogen) atoms. The van der Waals surface area contributed by atoms with Crippen molar-refractivity contribution in [3.05, 3.63) is 0 Å². The highest BCUT2D eigenvalue weighted by Crippen LogP contribution is 2.03. The van der Waals surface area contributed by atoms with Gasteiger partial charge in [-0.1, -0.05) is 13.8 Å². The molecule has 0 bridgehead atoms. The Labute approximate surface area is 114 Å². The van der Waals surface area contributed by atoms with Crippen LogP contribution in [-0.4, -0.2) is 54.4 Å². The molecule has 0 aliphatic heterocycles. The molecule has 0 rings (SSSR count). The monoisotopic (exact) mass is 275 g/mol. The Morgan fingerprint density at radius 1 is 1.33 bits per heavy atom. The average Bonchev–Trinajstić information content (AvgIpc) is 2.33. The largest absolute Gasteiger partial charge is 0.346 e. The minimum absolute atomic E-state index is 0.00841. The van der Waals surface area contributed by atoms with Gasteiger partial charge in [-0.05, 0) is 19.1 Å². The molecule has 2 amide bonds. The number of nitrogens with one attached hydrogen (secondary N) is 1. The Balaban J connectivity index is 4.14. The van der Waals surface area contributed by atoms with Crippen LogP contribution in [0.25, 0.3) is 0 Å². The van der Waals surface area contributed by atoms with Crippen LogP contribution in [0.5, 0.6) is 0 Å². The van der Waals surface area contributed by atoms with Crippen LogP contribution in [0.1, 0.15) is 20.8 Å². The Morgan fingerprint density at radius 2 is 1.89 bits per heavy atom. The highest BCUT2D eigenvalue weighted by atomic mass is 32.2. The normalized spacial score (nSPS) is 14.2. The molecular formula is C12H25N3O2S. The van der Waals surface area contributed by atoms with E-state index >= 15 is 0 Å². The highest BCUT2D eigenvalue weighted by Gasteiger charge is 2.20. The highest BCUT2D eigenvalue weighted by molar-refractivity contribution is 7.98. The van der Waals surface area contributed by atoms with Gasteiger partial charge in [0.05, 0.1) is 12.6 Å². The summed E-state index contributed by atoms with van der Waals surface area (Å²) in [6, 6.07) is -0.407. The third-order valence-corrected chi connectivity index (χ3v) is 3.71. The second-order valence-electron chi connectivity index (χ2n) is 4.80. The fourth-order valence-electron chi connectivity index (χ4n) is 1.31. The molecule has 0 aliphatic rings. The molecule has 0 aromatic carbocycles. The maximum atomic E-state index is 11.8. The quantitative estimate of drug-likeness (QED) is 0.700. The zero-order valence-electron chi connectivity index (χ0n) is 11.9. The number of nitrogens with zero attached hydrogens (tertiary/aromatic N) is 1. The minimum atomic E-state index is -0.563. The summed E-state index contributed by atoms with van der Waals surface area (Å²) in [5.74, 6) is 0.570. The fraction of sp³-hybridized carbons (Fsp3) is 0.833. The predicted molar refractivity (Wildman–Crippen MR) is 76.4 cm³/mol. The van der Waals surface area contributed by atoms with Crippen molar-refractivity contribution in [1.82, 2.24) is 10.2 Å². The number of nitrogens with two attached hydrogens (primary N) is 1. The van der Waals surface area contributed by atoms with E-state index in [0.717, 1.165) is 5.75 Å². The number of amides is 2. The number of hydrogen-bond donors (Lipinski definition) is 2. The predicted octanol–water partition coefficient (Wildman–Crippen LogP) is 0.296. The first-order chi connectivity index (χ1) is 8.31. The van der Waals surface area contributed by atoms with E-state index in [1.165, 1.54) is 0 Å². The molecule has 0 heterocycles. The summed E-state index contributed by atoms with van der Waals surface area (Å²) in [7, 11) is 1.75. The third-order valence-electron chi connectivity index (χ3n) is 2.90. The van der Waals surface area contributed by atoms with Crippen molar-refractivity contribution < 1.29 is 9.59 Å². The Morgan fingerprint density at radius 3 is 2.33 bits per heavy atom. The third kappa shape index (κ3) is 5.73. The first-order valence-electron chi connectivity index (χ1n) is 6.09. The van der Waals surface area contributed by atoms with Crippen molar-refractivity contribution in [1.29, 1.82) is 0 Å². The molecule has 0 radical (unpaired) electrons. The maximum absolute atomic E-state index is 11.8. The van der Waals surface area contributed by atoms with Crippen molar-refractivity contribution in [2.45, 2.75) is 32.9 Å². The van der Waals surface area contributed by atoms with Crippen LogP contribution < -0.4 is 11.1 Å². The average molecular weight is 275 g/mol. The van der Waals surface area contributed by atoms with Gasteiger partial charge in [0.25, 0.3) is 0 Å². The Hall–Kier alpha value is -0.750. The summed E-state index contributed by atoms with van der Waals surface area (Å²) < 4.78 is 0. The topological polar surface area (TPSA) is 75.4 Å². The lowest BCUT2D eigenvalue weighted by atomic mass is 10.1. The summed E-state index contributed by atoms with van der Waals surface area (Å²) in [5.41, 5.74) is 5.69. The molecular weight excluding hydrogens is 250 g/mol. The SMILES string of the molecule is CSCC(C)N(C)C(=O)CNC(=O)[C@@H](N)C(C)C. The van der Waals surface area contributed by atoms with Crippen molar-refractivity contribution in [3.8, 4) is 0 Å². The van der Waals surface area contributed by atoms with Crippen molar-refractivity contribution in [3.63, 3.8) is 0 Å². The van der Waals surface area contributed by atoms with Gasteiger partial charge in [-0.3, -0.25) is 9.59 Å². The van der Waals surface area contributed by atoms with E-state index in [9.17, 15) is 9.59 Å². The van der Waals surface area contributed by atoms with Crippen LogP contribution in [-0.2, 0) is 9.59 Å². The summed E-state index contributed by atoms with van der Waals surface area (Å²) in [5, 5.41) is 2.58. The summed E-state index contributed by atoms with van der Waals surface area (Å²) >= 11 is 1.69. The number of hydrogen-bond acceptors (Lipinski definition) is 4. The number of rotatable bonds is 7. The van der Waals surface area contributed by atoms with Crippen molar-refractivity contribution >= 4 is 23.6 Å². The first kappa shape index (κ1) is 17.2. The zero-order chi connectivity index (χ0) is 14.3. The molecule has 5 nitrogen and oxygen atoms in total. The Kier molecular flexibility index (Phi) is 8.02. The molecule has 3 N–H and O–H groups in total. The lowest BCUT2D eigenvalue weighted by Gasteiger charge is -2.25. The van der Waals surface area contributed by atoms with Crippen LogP contribution in [0.2, 0.25) is 0 Å². The summed E-state index contributed by atoms with van der Waals surface area (Å²) in [6.07, 6.45) is 2.00. The van der Waals surface area contributed by atoms with E-state index in [4.69, 9.17) is 5.73 Å².